The van der Waals surface area contributed by atoms with Crippen LogP contribution in [0.1, 0.15) is 66.2 Å². The summed E-state index contributed by atoms with van der Waals surface area (Å²) in [4.78, 5) is 91.3. The number of likely N-dealkylation sites (N-methyl/N-ethyl adjacent to an activating group) is 5. The molecule has 0 spiro atoms. The van der Waals surface area contributed by atoms with Gasteiger partial charge in [-0.15, -0.1) is 0 Å². The molecule has 0 heterocycles. The largest absolute Gasteiger partial charge is 0.779 e. The highest BCUT2D eigenvalue weighted by Gasteiger charge is 2.21. The van der Waals surface area contributed by atoms with Crippen LogP contribution in [0.3, 0.4) is 0 Å². The molecule has 0 bridgehead atoms. The van der Waals surface area contributed by atoms with Crippen molar-refractivity contribution in [3.05, 3.63) is 0 Å². The number of phosphoric acid groups is 6. The van der Waals surface area contributed by atoms with Gasteiger partial charge in [0.1, 0.15) is 7.60 Å². The Morgan fingerprint density at radius 2 is 0.556 bits per heavy atom. The minimum atomic E-state index is -5.03. The average molecular weight is 1190 g/mol. The van der Waals surface area contributed by atoms with E-state index in [4.69, 9.17) is 41.1 Å². The highest BCUT2D eigenvalue weighted by Crippen LogP contribution is 2.43. The van der Waals surface area contributed by atoms with Crippen LogP contribution < -0.4 is 60.8 Å². The van der Waals surface area contributed by atoms with Gasteiger partial charge in [0.2, 0.25) is 0 Å². The Kier molecular flexibility index (Phi) is 42.6. The first-order chi connectivity index (χ1) is 32.4. The number of phosphoric ester groups is 6. The summed E-state index contributed by atoms with van der Waals surface area (Å²) in [6.07, 6.45) is 1.34. The molecule has 0 aliphatic heterocycles. The van der Waals surface area contributed by atoms with Crippen LogP contribution in [0.5, 0.6) is 0 Å². The van der Waals surface area contributed by atoms with Crippen LogP contribution in [-0.4, -0.2) is 156 Å². The van der Waals surface area contributed by atoms with Crippen molar-refractivity contribution in [2.24, 2.45) is 0 Å². The predicted molar refractivity (Wildman–Crippen MR) is 247 cm³/mol. The van der Waals surface area contributed by atoms with E-state index in [-0.39, 0.29) is 119 Å². The third-order valence-electron chi connectivity index (χ3n) is 9.09. The molecule has 438 valence electrons. The molecule has 0 aromatic carbocycles. The molecule has 0 aliphatic carbocycles. The van der Waals surface area contributed by atoms with Gasteiger partial charge in [0.25, 0.3) is 46.9 Å². The van der Waals surface area contributed by atoms with Gasteiger partial charge in [0.15, 0.2) is 0 Å². The maximum absolute atomic E-state index is 12.4. The molecule has 0 aromatic rings. The van der Waals surface area contributed by atoms with Gasteiger partial charge in [-0.3, -0.25) is 27.4 Å². The lowest BCUT2D eigenvalue weighted by Crippen LogP contribution is -2.35. The highest BCUT2D eigenvalue weighted by atomic mass is 31.2. The quantitative estimate of drug-likeness (QED) is 0.0298. The summed E-state index contributed by atoms with van der Waals surface area (Å²) >= 11 is 0. The topological polar surface area (TPSA) is 472 Å². The Balaban J connectivity index is -0.0000238. The molecular weight excluding hydrogens is 1120 g/mol. The zero-order valence-corrected chi connectivity index (χ0v) is 46.0. The van der Waals surface area contributed by atoms with E-state index in [9.17, 15) is 66.2 Å². The highest BCUT2D eigenvalue weighted by molar-refractivity contribution is 7.50. The van der Waals surface area contributed by atoms with Crippen molar-refractivity contribution in [3.8, 4) is 0 Å². The Hall–Kier alpha value is 0.610. The zero-order valence-electron chi connectivity index (χ0n) is 39.7. The number of hydrogen-bond acceptors (Lipinski definition) is 31. The third-order valence-corrected chi connectivity index (χ3v) is 15.0. The van der Waals surface area contributed by atoms with E-state index < -0.39 is 111 Å². The molecule has 0 saturated carbocycles. The van der Waals surface area contributed by atoms with Gasteiger partial charge in [-0.05, 0) is 86.6 Å². The van der Waals surface area contributed by atoms with E-state index in [2.05, 4.69) is 44.7 Å². The van der Waals surface area contributed by atoms with Crippen molar-refractivity contribution in [1.82, 2.24) is 26.6 Å². The van der Waals surface area contributed by atoms with Crippen molar-refractivity contribution >= 4 is 54.5 Å². The summed E-state index contributed by atoms with van der Waals surface area (Å²) in [6.45, 7) is -4.25. The Morgan fingerprint density at radius 3 is 0.778 bits per heavy atom. The second kappa shape index (κ2) is 39.9. The van der Waals surface area contributed by atoms with E-state index in [0.29, 0.717) is 0 Å². The van der Waals surface area contributed by atoms with Crippen LogP contribution >= 0.6 is 54.5 Å². The smallest absolute Gasteiger partial charge is 0.268 e. The normalized spacial score (nSPS) is 20.0. The molecule has 0 aliphatic rings. The van der Waals surface area contributed by atoms with Gasteiger partial charge >= 0.3 is 0 Å². The third kappa shape index (κ3) is 44.6. The SMILES string of the molecule is C.C.CNC(CCCOP(=O)([O-])OCC(CCCOP(=O)([O-])OCC(COP(=O)([O-])O)NC)NC)COP(=O)([O-])OCCCC(COP(=O)([O-])OCCCC(COP(=O)([O-])OCCOP(C)(=O)[O-])NC)NC. The molecule has 0 fully saturated rings. The Bertz CT molecular complexity index is 1760. The molecule has 39 heteroatoms. The van der Waals surface area contributed by atoms with Gasteiger partial charge < -0.3 is 125 Å². The van der Waals surface area contributed by atoms with E-state index in [0.717, 1.165) is 6.66 Å². The molecular formula is C33H77N5O27P7-7. The van der Waals surface area contributed by atoms with Crippen molar-refractivity contribution < 1.29 is 125 Å². The van der Waals surface area contributed by atoms with Crippen LogP contribution in [0.4, 0.5) is 0 Å². The molecule has 12 unspecified atom stereocenters. The maximum atomic E-state index is 12.4. The first-order valence-corrected chi connectivity index (χ1v) is 32.2. The summed E-state index contributed by atoms with van der Waals surface area (Å²) in [5, 5.41) is 13.8. The minimum absolute atomic E-state index is 0. The molecule has 0 radical (unpaired) electrons. The molecule has 0 rings (SSSR count). The monoisotopic (exact) mass is 1190 g/mol. The lowest BCUT2D eigenvalue weighted by atomic mass is 10.2. The standard InChI is InChI=1S/C31H76N5O27P7.2CH4/c1-32-27(11-8-16-54-67(44,45)61-23-29(34-3)13-10-18-56-69(48,49)63-26-31(36-5)25-58-65(39,40)41)21-59-66(42,43)53-15-7-12-28(33-2)22-60-68(46,47)55-17-9-14-30(35-4)24-62-70(50,51)57-20-19-52-64(6,37)38;;/h27-36H,7-26H2,1-6H3,(H,37,38)(H,42,43)(H,44,45)(H,46,47)(H,48,49)(H,50,51)(H2,39,40,41);2*1H4/p-7. The number of rotatable bonds is 48. The van der Waals surface area contributed by atoms with E-state index in [1.807, 2.05) is 0 Å². The van der Waals surface area contributed by atoms with Gasteiger partial charge in [0.05, 0.1) is 85.3 Å². The van der Waals surface area contributed by atoms with E-state index >= 15 is 0 Å². The van der Waals surface area contributed by atoms with Gasteiger partial charge in [0, 0.05) is 30.8 Å². The first kappa shape index (κ1) is 76.8. The summed E-state index contributed by atoms with van der Waals surface area (Å²) < 4.78 is 139. The van der Waals surface area contributed by atoms with Crippen LogP contribution in [-0.2, 0) is 86.2 Å². The zero-order chi connectivity index (χ0) is 53.5. The minimum Gasteiger partial charge on any atom is -0.779 e. The van der Waals surface area contributed by atoms with Crippen LogP contribution in [0.15, 0.2) is 0 Å². The number of hydrogen-bond donors (Lipinski definition) is 6. The van der Waals surface area contributed by atoms with Crippen molar-refractivity contribution in [1.29, 1.82) is 0 Å². The second-order valence-electron chi connectivity index (χ2n) is 14.7. The maximum Gasteiger partial charge on any atom is 0.268 e. The van der Waals surface area contributed by atoms with E-state index in [1.54, 1.807) is 0 Å². The van der Waals surface area contributed by atoms with Crippen LogP contribution in [0.25, 0.3) is 0 Å². The molecule has 0 saturated heterocycles. The summed E-state index contributed by atoms with van der Waals surface area (Å²) in [6, 6.07) is -3.19. The van der Waals surface area contributed by atoms with Crippen LogP contribution in [0.2, 0.25) is 0 Å². The fourth-order valence-corrected chi connectivity index (χ4v) is 9.78. The van der Waals surface area contributed by atoms with Crippen molar-refractivity contribution in [2.45, 2.75) is 96.4 Å². The Labute approximate surface area is 423 Å². The van der Waals surface area contributed by atoms with Crippen LogP contribution in [0, 0.1) is 0 Å². The fourth-order valence-electron chi connectivity index (χ4n) is 5.11. The lowest BCUT2D eigenvalue weighted by Gasteiger charge is -2.28. The predicted octanol–water partition coefficient (Wildman–Crippen LogP) is -1.50. The molecule has 12 atom stereocenters. The van der Waals surface area contributed by atoms with Crippen molar-refractivity contribution in [3.63, 3.8) is 0 Å². The molecule has 0 aromatic heterocycles. The first-order valence-electron chi connectivity index (χ1n) is 21.4. The van der Waals surface area contributed by atoms with Gasteiger partial charge in [-0.25, -0.2) is 0 Å². The molecule has 72 heavy (non-hydrogen) atoms. The second-order valence-corrected chi connectivity index (χ2v) is 24.8. The van der Waals surface area contributed by atoms with Gasteiger partial charge in [-0.1, -0.05) is 14.9 Å². The van der Waals surface area contributed by atoms with Gasteiger partial charge in [-0.2, -0.15) is 0 Å². The fraction of sp³-hybridized carbons (Fsp3) is 1.00. The summed E-state index contributed by atoms with van der Waals surface area (Å²) in [5.74, 6) is 0. The lowest BCUT2D eigenvalue weighted by molar-refractivity contribution is -0.229. The average Bonchev–Trinajstić information content (AvgIpc) is 3.26. The van der Waals surface area contributed by atoms with Crippen molar-refractivity contribution in [2.75, 3.05) is 121 Å². The van der Waals surface area contributed by atoms with E-state index in [1.165, 1.54) is 35.2 Å². The Morgan fingerprint density at radius 1 is 0.347 bits per heavy atom. The molecule has 0 amide bonds. The summed E-state index contributed by atoms with van der Waals surface area (Å²) in [5.41, 5.74) is 0. The molecule has 6 N–H and O–H groups in total. The molecule has 32 nitrogen and oxygen atoms in total. The summed E-state index contributed by atoms with van der Waals surface area (Å²) in [7, 11) is -25.6. The number of nitrogens with one attached hydrogen (secondary N) is 5.